The molecule has 0 aromatic carbocycles. The van der Waals surface area contributed by atoms with Crippen LogP contribution in [0.5, 0.6) is 0 Å². The lowest BCUT2D eigenvalue weighted by atomic mass is 10.1. The predicted molar refractivity (Wildman–Crippen MR) is 238 cm³/mol. The lowest BCUT2D eigenvalue weighted by molar-refractivity contribution is -0.154. The maximum Gasteiger partial charge on any atom is 0.472 e. The maximum atomic E-state index is 12.6. The SMILES string of the molecule is CC/C=C\C/C=C\C/C=C\C/C=C\C/C=C\CCCCCCCCCC(=O)OC(COCCCCCCCC/C=C\CCCCCC)COP(=O)(O)OCCN. The van der Waals surface area contributed by atoms with Gasteiger partial charge in [0.15, 0.2) is 0 Å². The zero-order chi connectivity index (χ0) is 40.9. The van der Waals surface area contributed by atoms with Crippen LogP contribution in [0.4, 0.5) is 0 Å². The number of rotatable bonds is 42. The second-order valence-corrected chi connectivity index (χ2v) is 16.0. The summed E-state index contributed by atoms with van der Waals surface area (Å²) in [7, 11) is -4.29. The Labute approximate surface area is 344 Å². The highest BCUT2D eigenvalue weighted by atomic mass is 31.2. The van der Waals surface area contributed by atoms with Gasteiger partial charge in [-0.25, -0.2) is 4.57 Å². The van der Waals surface area contributed by atoms with E-state index >= 15 is 0 Å². The van der Waals surface area contributed by atoms with E-state index in [1.54, 1.807) is 0 Å². The Balaban J connectivity index is 4.05. The molecule has 2 unspecified atom stereocenters. The molecule has 9 heteroatoms. The highest BCUT2D eigenvalue weighted by Gasteiger charge is 2.25. The first-order chi connectivity index (χ1) is 27.4. The number of allylic oxidation sites excluding steroid dienone is 12. The smallest absolute Gasteiger partial charge is 0.457 e. The molecule has 0 aliphatic heterocycles. The number of nitrogens with two attached hydrogens (primary N) is 1. The molecular formula is C47H84NO7P. The van der Waals surface area contributed by atoms with E-state index in [1.165, 1.54) is 83.5 Å². The normalized spacial score (nSPS) is 14.1. The monoisotopic (exact) mass is 806 g/mol. The van der Waals surface area contributed by atoms with Gasteiger partial charge in [0.25, 0.3) is 0 Å². The number of phosphoric acid groups is 1. The molecule has 3 N–H and O–H groups in total. The minimum absolute atomic E-state index is 0.0940. The van der Waals surface area contributed by atoms with Crippen molar-refractivity contribution >= 4 is 13.8 Å². The van der Waals surface area contributed by atoms with Gasteiger partial charge in [-0.3, -0.25) is 13.8 Å². The Morgan fingerprint density at radius 1 is 0.554 bits per heavy atom. The third-order valence-corrected chi connectivity index (χ3v) is 10.1. The molecular weight excluding hydrogens is 721 g/mol. The topological polar surface area (TPSA) is 117 Å². The van der Waals surface area contributed by atoms with E-state index in [-0.39, 0.29) is 32.3 Å². The average Bonchev–Trinajstić information content (AvgIpc) is 3.19. The minimum Gasteiger partial charge on any atom is -0.457 e. The molecule has 0 fully saturated rings. The minimum atomic E-state index is -4.29. The zero-order valence-electron chi connectivity index (χ0n) is 35.8. The molecule has 0 spiro atoms. The number of ether oxygens (including phenoxy) is 2. The molecule has 56 heavy (non-hydrogen) atoms. The molecule has 0 aromatic rings. The molecule has 0 heterocycles. The molecule has 0 saturated carbocycles. The Morgan fingerprint density at radius 3 is 1.52 bits per heavy atom. The van der Waals surface area contributed by atoms with Crippen molar-refractivity contribution < 1.29 is 32.8 Å². The summed E-state index contributed by atoms with van der Waals surface area (Å²) < 4.78 is 33.4. The highest BCUT2D eigenvalue weighted by molar-refractivity contribution is 7.47. The summed E-state index contributed by atoms with van der Waals surface area (Å²) in [5, 5.41) is 0. The van der Waals surface area contributed by atoms with Gasteiger partial charge in [0, 0.05) is 19.6 Å². The van der Waals surface area contributed by atoms with E-state index in [1.807, 2.05) is 0 Å². The molecule has 0 amide bonds. The van der Waals surface area contributed by atoms with Crippen molar-refractivity contribution in [3.8, 4) is 0 Å². The second-order valence-electron chi connectivity index (χ2n) is 14.5. The van der Waals surface area contributed by atoms with Crippen LogP contribution in [0.1, 0.15) is 181 Å². The second kappa shape index (κ2) is 44.1. The summed E-state index contributed by atoms with van der Waals surface area (Å²) >= 11 is 0. The van der Waals surface area contributed by atoms with E-state index in [9.17, 15) is 14.3 Å². The van der Waals surface area contributed by atoms with Gasteiger partial charge in [-0.15, -0.1) is 0 Å². The lowest BCUT2D eigenvalue weighted by Gasteiger charge is -2.20. The summed E-state index contributed by atoms with van der Waals surface area (Å²) in [5.74, 6) is -0.346. The van der Waals surface area contributed by atoms with E-state index in [0.29, 0.717) is 13.0 Å². The molecule has 0 bridgehead atoms. The third-order valence-electron chi connectivity index (χ3n) is 9.11. The van der Waals surface area contributed by atoms with Crippen molar-refractivity contribution in [2.75, 3.05) is 33.0 Å². The van der Waals surface area contributed by atoms with Crippen LogP contribution in [0.25, 0.3) is 0 Å². The first-order valence-electron chi connectivity index (χ1n) is 22.4. The van der Waals surface area contributed by atoms with Crippen molar-refractivity contribution in [1.82, 2.24) is 0 Å². The van der Waals surface area contributed by atoms with Gasteiger partial charge in [-0.05, 0) is 83.5 Å². The number of hydrogen-bond donors (Lipinski definition) is 2. The van der Waals surface area contributed by atoms with Gasteiger partial charge in [0.2, 0.25) is 0 Å². The Kier molecular flexibility index (Phi) is 42.4. The fraction of sp³-hybridized carbons (Fsp3) is 0.723. The Bertz CT molecular complexity index is 1080. The number of phosphoric ester groups is 1. The molecule has 0 aliphatic rings. The summed E-state index contributed by atoms with van der Waals surface area (Å²) in [5.41, 5.74) is 5.37. The van der Waals surface area contributed by atoms with Gasteiger partial charge >= 0.3 is 13.8 Å². The Hall–Kier alpha value is -2.06. The number of hydrogen-bond acceptors (Lipinski definition) is 7. The molecule has 0 saturated heterocycles. The number of esters is 1. The van der Waals surface area contributed by atoms with Crippen molar-refractivity contribution in [3.05, 3.63) is 72.9 Å². The van der Waals surface area contributed by atoms with E-state index in [2.05, 4.69) is 86.8 Å². The van der Waals surface area contributed by atoms with Gasteiger partial charge in [0.1, 0.15) is 6.10 Å². The maximum absolute atomic E-state index is 12.6. The fourth-order valence-electron chi connectivity index (χ4n) is 5.84. The number of carbonyl (C=O) groups excluding carboxylic acids is 1. The fourth-order valence-corrected chi connectivity index (χ4v) is 6.61. The van der Waals surface area contributed by atoms with Crippen molar-refractivity contribution in [1.29, 1.82) is 0 Å². The standard InChI is InChI=1S/C47H84NO7P/c1-3-5-7-9-11-13-15-17-19-20-21-22-23-24-25-26-27-28-30-32-34-36-38-40-47(49)55-46(45-54-56(50,51)53-43-41-48)44-52-42-39-37-35-33-31-29-18-16-14-12-10-8-6-4-2/h5,7,11,13-14,16-17,19,21-22,24-25,46H,3-4,6,8-10,12,15,18,20,23,26-45,48H2,1-2H3,(H,50,51)/b7-5-,13-11-,16-14-,19-17-,22-21-,25-24-. The van der Waals surface area contributed by atoms with Gasteiger partial charge in [-0.1, -0.05) is 164 Å². The van der Waals surface area contributed by atoms with Gasteiger partial charge in [0.05, 0.1) is 19.8 Å². The molecule has 8 nitrogen and oxygen atoms in total. The summed E-state index contributed by atoms with van der Waals surface area (Å²) in [4.78, 5) is 22.5. The highest BCUT2D eigenvalue weighted by Crippen LogP contribution is 2.43. The predicted octanol–water partition coefficient (Wildman–Crippen LogP) is 13.5. The molecule has 0 radical (unpaired) electrons. The number of unbranched alkanes of at least 4 members (excludes halogenated alkanes) is 17. The first-order valence-corrected chi connectivity index (χ1v) is 23.9. The van der Waals surface area contributed by atoms with Crippen molar-refractivity contribution in [3.63, 3.8) is 0 Å². The van der Waals surface area contributed by atoms with Crippen LogP contribution >= 0.6 is 7.82 Å². The largest absolute Gasteiger partial charge is 0.472 e. The van der Waals surface area contributed by atoms with Gasteiger partial charge < -0.3 is 20.1 Å². The van der Waals surface area contributed by atoms with Crippen LogP contribution in [0.3, 0.4) is 0 Å². The number of carbonyl (C=O) groups is 1. The van der Waals surface area contributed by atoms with Crippen LogP contribution in [0.2, 0.25) is 0 Å². The van der Waals surface area contributed by atoms with E-state index in [4.69, 9.17) is 24.3 Å². The Morgan fingerprint density at radius 2 is 1.00 bits per heavy atom. The summed E-state index contributed by atoms with van der Waals surface area (Å²) in [6.07, 6.45) is 54.9. The zero-order valence-corrected chi connectivity index (χ0v) is 36.7. The lowest BCUT2D eigenvalue weighted by Crippen LogP contribution is -2.28. The van der Waals surface area contributed by atoms with Crippen LogP contribution in [-0.4, -0.2) is 49.9 Å². The summed E-state index contributed by atoms with van der Waals surface area (Å²) in [6.45, 7) is 4.76. The van der Waals surface area contributed by atoms with E-state index in [0.717, 1.165) is 77.0 Å². The third kappa shape index (κ3) is 43.1. The van der Waals surface area contributed by atoms with Crippen LogP contribution in [0.15, 0.2) is 72.9 Å². The first kappa shape index (κ1) is 53.9. The van der Waals surface area contributed by atoms with Crippen LogP contribution < -0.4 is 5.73 Å². The molecule has 2 atom stereocenters. The van der Waals surface area contributed by atoms with Crippen LogP contribution in [0, 0.1) is 0 Å². The average molecular weight is 806 g/mol. The molecule has 0 aromatic heterocycles. The summed E-state index contributed by atoms with van der Waals surface area (Å²) in [6, 6.07) is 0. The van der Waals surface area contributed by atoms with Gasteiger partial charge in [-0.2, -0.15) is 0 Å². The molecule has 324 valence electrons. The van der Waals surface area contributed by atoms with E-state index < -0.39 is 13.9 Å². The van der Waals surface area contributed by atoms with Crippen LogP contribution in [-0.2, 0) is 27.9 Å². The van der Waals surface area contributed by atoms with Crippen molar-refractivity contribution in [2.24, 2.45) is 5.73 Å². The molecule has 0 aliphatic carbocycles. The quantitative estimate of drug-likeness (QED) is 0.0271. The molecule has 0 rings (SSSR count). The van der Waals surface area contributed by atoms with Crippen molar-refractivity contribution in [2.45, 2.75) is 187 Å².